The Hall–Kier alpha value is -4.01. The average Bonchev–Trinajstić information content (AvgIpc) is 3.31. The van der Waals surface area contributed by atoms with Gasteiger partial charge in [0.1, 0.15) is 25.3 Å². The Morgan fingerprint density at radius 1 is 1.00 bits per heavy atom. The van der Waals surface area contributed by atoms with Gasteiger partial charge in [-0.25, -0.2) is 9.37 Å². The minimum Gasteiger partial charge on any atom is -0.368 e. The van der Waals surface area contributed by atoms with Crippen LogP contribution in [0.2, 0.25) is 0 Å². The highest BCUT2D eigenvalue weighted by atomic mass is 19.1. The number of amidine groups is 1. The molecular formula is C22H17BFN5O2. The van der Waals surface area contributed by atoms with Crippen molar-refractivity contribution in [1.29, 1.82) is 0 Å². The van der Waals surface area contributed by atoms with E-state index in [-0.39, 0.29) is 17.1 Å². The number of amides is 2. The van der Waals surface area contributed by atoms with Crippen LogP contribution in [0.5, 0.6) is 0 Å². The molecule has 2 amide bonds. The lowest BCUT2D eigenvalue weighted by Gasteiger charge is -2.12. The first-order valence-electron chi connectivity index (χ1n) is 9.52. The van der Waals surface area contributed by atoms with Gasteiger partial charge in [-0.15, -0.1) is 0 Å². The van der Waals surface area contributed by atoms with Crippen molar-refractivity contribution >= 4 is 42.5 Å². The van der Waals surface area contributed by atoms with Crippen molar-refractivity contribution in [3.8, 4) is 0 Å². The molecule has 7 nitrogen and oxygen atoms in total. The van der Waals surface area contributed by atoms with Crippen molar-refractivity contribution in [2.45, 2.75) is 0 Å². The zero-order valence-corrected chi connectivity index (χ0v) is 16.4. The Kier molecular flexibility index (Phi) is 5.75. The zero-order chi connectivity index (χ0) is 21.8. The van der Waals surface area contributed by atoms with Crippen LogP contribution in [0.25, 0.3) is 0 Å². The van der Waals surface area contributed by atoms with E-state index in [1.54, 1.807) is 30.3 Å². The second-order valence-electron chi connectivity index (χ2n) is 6.81. The first kappa shape index (κ1) is 20.3. The van der Waals surface area contributed by atoms with Crippen LogP contribution in [0.1, 0.15) is 26.3 Å². The zero-order valence-electron chi connectivity index (χ0n) is 16.4. The van der Waals surface area contributed by atoms with Crippen molar-refractivity contribution in [2.24, 2.45) is 4.99 Å². The SMILES string of the molecule is [B]c1ccc(NC(=O)c2cc(F)ccc2NC(=O)c2ccc(C3=NCCN3)cc2)nc1. The fourth-order valence-corrected chi connectivity index (χ4v) is 3.04. The number of rotatable bonds is 5. The molecule has 9 heteroatoms. The number of carbonyl (C=O) groups is 2. The van der Waals surface area contributed by atoms with Gasteiger partial charge in [0, 0.05) is 23.9 Å². The van der Waals surface area contributed by atoms with Crippen molar-refractivity contribution in [2.75, 3.05) is 23.7 Å². The number of aromatic nitrogens is 1. The minimum atomic E-state index is -0.618. The Morgan fingerprint density at radius 2 is 1.81 bits per heavy atom. The molecule has 2 radical (unpaired) electrons. The summed E-state index contributed by atoms with van der Waals surface area (Å²) in [6.45, 7) is 1.51. The van der Waals surface area contributed by atoms with E-state index < -0.39 is 17.6 Å². The summed E-state index contributed by atoms with van der Waals surface area (Å²) in [4.78, 5) is 33.7. The molecule has 0 bridgehead atoms. The van der Waals surface area contributed by atoms with Gasteiger partial charge < -0.3 is 16.0 Å². The summed E-state index contributed by atoms with van der Waals surface area (Å²) in [5.74, 6) is -0.616. The van der Waals surface area contributed by atoms with Crippen LogP contribution in [0, 0.1) is 5.82 Å². The lowest BCUT2D eigenvalue weighted by molar-refractivity contribution is 0.102. The maximum Gasteiger partial charge on any atom is 0.259 e. The largest absolute Gasteiger partial charge is 0.368 e. The van der Waals surface area contributed by atoms with Gasteiger partial charge in [0.25, 0.3) is 11.8 Å². The van der Waals surface area contributed by atoms with Crippen LogP contribution in [-0.2, 0) is 0 Å². The molecule has 0 spiro atoms. The number of pyridine rings is 1. The summed E-state index contributed by atoms with van der Waals surface area (Å²) < 4.78 is 13.8. The lowest BCUT2D eigenvalue weighted by Crippen LogP contribution is -2.20. The molecule has 1 aliphatic heterocycles. The van der Waals surface area contributed by atoms with E-state index in [2.05, 4.69) is 25.9 Å². The molecule has 4 rings (SSSR count). The highest BCUT2D eigenvalue weighted by Crippen LogP contribution is 2.20. The molecule has 0 atom stereocenters. The number of nitrogens with one attached hydrogen (secondary N) is 3. The van der Waals surface area contributed by atoms with Crippen LogP contribution < -0.4 is 21.4 Å². The fraction of sp³-hybridized carbons (Fsp3) is 0.0909. The summed E-state index contributed by atoms with van der Waals surface area (Å²) in [5, 5.41) is 8.39. The Morgan fingerprint density at radius 3 is 2.48 bits per heavy atom. The smallest absolute Gasteiger partial charge is 0.259 e. The molecule has 0 unspecified atom stereocenters. The third-order valence-corrected chi connectivity index (χ3v) is 4.60. The van der Waals surface area contributed by atoms with E-state index in [0.717, 1.165) is 30.6 Å². The molecule has 0 fully saturated rings. The van der Waals surface area contributed by atoms with Gasteiger partial charge in [-0.3, -0.25) is 14.6 Å². The Labute approximate surface area is 179 Å². The molecule has 2 heterocycles. The van der Waals surface area contributed by atoms with E-state index >= 15 is 0 Å². The maximum atomic E-state index is 13.8. The predicted octanol–water partition coefficient (Wildman–Crippen LogP) is 1.87. The topological polar surface area (TPSA) is 95.5 Å². The van der Waals surface area contributed by atoms with Crippen LogP contribution in [0.3, 0.4) is 0 Å². The van der Waals surface area contributed by atoms with Crippen molar-refractivity contribution in [3.05, 3.63) is 83.3 Å². The van der Waals surface area contributed by atoms with Crippen LogP contribution >= 0.6 is 0 Å². The van der Waals surface area contributed by atoms with E-state index in [9.17, 15) is 14.0 Å². The molecule has 0 saturated carbocycles. The van der Waals surface area contributed by atoms with Gasteiger partial charge in [-0.05, 0) is 36.4 Å². The summed E-state index contributed by atoms with van der Waals surface area (Å²) in [7, 11) is 5.59. The first-order valence-corrected chi connectivity index (χ1v) is 9.52. The van der Waals surface area contributed by atoms with Crippen LogP contribution in [0.15, 0.2) is 65.8 Å². The van der Waals surface area contributed by atoms with E-state index in [1.807, 2.05) is 0 Å². The number of hydrogen-bond acceptors (Lipinski definition) is 5. The molecule has 3 aromatic rings. The Balaban J connectivity index is 1.52. The second kappa shape index (κ2) is 8.79. The number of anilines is 2. The number of benzene rings is 2. The molecule has 1 aliphatic rings. The molecule has 2 aromatic carbocycles. The molecule has 0 aliphatic carbocycles. The van der Waals surface area contributed by atoms with Crippen molar-refractivity contribution < 1.29 is 14.0 Å². The van der Waals surface area contributed by atoms with Gasteiger partial charge in [0.15, 0.2) is 0 Å². The van der Waals surface area contributed by atoms with Crippen molar-refractivity contribution in [1.82, 2.24) is 10.3 Å². The summed E-state index contributed by atoms with van der Waals surface area (Å²) >= 11 is 0. The quantitative estimate of drug-likeness (QED) is 0.557. The monoisotopic (exact) mass is 413 g/mol. The van der Waals surface area contributed by atoms with E-state index in [4.69, 9.17) is 7.85 Å². The van der Waals surface area contributed by atoms with Crippen LogP contribution in [-0.4, -0.2) is 43.6 Å². The van der Waals surface area contributed by atoms with E-state index in [1.165, 1.54) is 24.4 Å². The number of carbonyl (C=O) groups excluding carboxylic acids is 2. The normalized spacial score (nSPS) is 12.6. The average molecular weight is 413 g/mol. The fourth-order valence-electron chi connectivity index (χ4n) is 3.04. The molecule has 152 valence electrons. The number of halogens is 1. The summed E-state index contributed by atoms with van der Waals surface area (Å²) in [6.07, 6.45) is 1.39. The Bertz CT molecular complexity index is 1160. The molecule has 1 aromatic heterocycles. The third kappa shape index (κ3) is 4.77. The standard InChI is InChI=1S/C22H17BFN5O2/c23-15-5-8-19(27-12-15)29-22(31)17-11-16(24)6-7-18(17)28-21(30)14-3-1-13(2-4-14)20-25-9-10-26-20/h1-8,11-12H,9-10H2,(H,25,26)(H,28,30)(H,27,29,31). The first-order chi connectivity index (χ1) is 15.0. The number of hydrogen-bond donors (Lipinski definition) is 3. The van der Waals surface area contributed by atoms with E-state index in [0.29, 0.717) is 11.0 Å². The minimum absolute atomic E-state index is 0.0342. The number of aliphatic imine (C=N–C) groups is 1. The van der Waals surface area contributed by atoms with Gasteiger partial charge in [-0.1, -0.05) is 23.7 Å². The summed E-state index contributed by atoms with van der Waals surface area (Å²) in [6, 6.07) is 13.6. The van der Waals surface area contributed by atoms with Gasteiger partial charge in [0.05, 0.1) is 17.8 Å². The van der Waals surface area contributed by atoms with Gasteiger partial charge >= 0.3 is 0 Å². The van der Waals surface area contributed by atoms with Crippen LogP contribution in [0.4, 0.5) is 15.9 Å². The number of nitrogens with zero attached hydrogens (tertiary/aromatic N) is 2. The molecule has 0 saturated heterocycles. The lowest BCUT2D eigenvalue weighted by atomic mass is 9.99. The molecule has 3 N–H and O–H groups in total. The summed E-state index contributed by atoms with van der Waals surface area (Å²) in [5.41, 5.74) is 1.85. The maximum absolute atomic E-state index is 13.8. The predicted molar refractivity (Wildman–Crippen MR) is 118 cm³/mol. The van der Waals surface area contributed by atoms with Gasteiger partial charge in [0.2, 0.25) is 0 Å². The highest BCUT2D eigenvalue weighted by Gasteiger charge is 2.17. The van der Waals surface area contributed by atoms with Crippen molar-refractivity contribution in [3.63, 3.8) is 0 Å². The molecular weight excluding hydrogens is 396 g/mol. The second-order valence-corrected chi connectivity index (χ2v) is 6.81. The molecule has 31 heavy (non-hydrogen) atoms. The third-order valence-electron chi connectivity index (χ3n) is 4.60. The highest BCUT2D eigenvalue weighted by molar-refractivity contribution is 6.32. The van der Waals surface area contributed by atoms with Gasteiger partial charge in [-0.2, -0.15) is 0 Å².